The first-order valence-corrected chi connectivity index (χ1v) is 11.5. The van der Waals surface area contributed by atoms with Crippen LogP contribution in [-0.2, 0) is 6.54 Å². The number of aromatic carboxylic acids is 1. The number of nitrogens with one attached hydrogen (secondary N) is 1. The van der Waals surface area contributed by atoms with Crippen molar-refractivity contribution < 1.29 is 9.90 Å². The average Bonchev–Trinajstić information content (AvgIpc) is 3.49. The quantitative estimate of drug-likeness (QED) is 0.673. The molecule has 2 N–H and O–H groups in total. The lowest BCUT2D eigenvalue weighted by molar-refractivity contribution is -0.0838. The van der Waals surface area contributed by atoms with Crippen LogP contribution in [0.25, 0.3) is 6.08 Å². The minimum Gasteiger partial charge on any atom is -0.478 e. The van der Waals surface area contributed by atoms with Gasteiger partial charge in [-0.2, -0.15) is 0 Å². The van der Waals surface area contributed by atoms with Crippen LogP contribution in [0.4, 0.5) is 0 Å². The second-order valence-corrected chi connectivity index (χ2v) is 9.69. The number of rotatable bonds is 8. The summed E-state index contributed by atoms with van der Waals surface area (Å²) in [6, 6.07) is 15.5. The molecule has 0 radical (unpaired) electrons. The summed E-state index contributed by atoms with van der Waals surface area (Å²) in [5, 5.41) is 12.9. The maximum Gasteiger partial charge on any atom is 0.337 e. The Kier molecular flexibility index (Phi) is 5.40. The monoisotopic (exact) mass is 417 g/mol. The van der Waals surface area contributed by atoms with Gasteiger partial charge in [0, 0.05) is 37.9 Å². The van der Waals surface area contributed by atoms with Crippen molar-refractivity contribution in [2.45, 2.75) is 51.2 Å². The van der Waals surface area contributed by atoms with Crippen molar-refractivity contribution >= 4 is 12.0 Å². The Labute approximate surface area is 184 Å². The fourth-order valence-electron chi connectivity index (χ4n) is 5.58. The van der Waals surface area contributed by atoms with E-state index in [1.165, 1.54) is 31.0 Å². The fourth-order valence-corrected chi connectivity index (χ4v) is 5.58. The summed E-state index contributed by atoms with van der Waals surface area (Å²) < 4.78 is 0. The first-order chi connectivity index (χ1) is 15.0. The van der Waals surface area contributed by atoms with Crippen molar-refractivity contribution in [3.05, 3.63) is 71.1 Å². The van der Waals surface area contributed by atoms with E-state index in [0.717, 1.165) is 31.7 Å². The molecule has 2 aliphatic carbocycles. The predicted molar refractivity (Wildman–Crippen MR) is 122 cm³/mol. The van der Waals surface area contributed by atoms with E-state index in [1.807, 2.05) is 6.07 Å². The van der Waals surface area contributed by atoms with Gasteiger partial charge in [0.15, 0.2) is 0 Å². The number of pyridine rings is 1. The molecular weight excluding hydrogens is 386 g/mol. The molecular formula is C26H31N3O2. The van der Waals surface area contributed by atoms with Crippen molar-refractivity contribution in [2.24, 2.45) is 11.3 Å². The molecule has 162 valence electrons. The van der Waals surface area contributed by atoms with Crippen LogP contribution in [-0.4, -0.2) is 46.1 Å². The smallest absolute Gasteiger partial charge is 0.337 e. The van der Waals surface area contributed by atoms with Crippen LogP contribution in [0.15, 0.2) is 54.2 Å². The molecule has 2 saturated carbocycles. The van der Waals surface area contributed by atoms with E-state index >= 15 is 0 Å². The number of nitrogens with zero attached hydrogens (tertiary/aromatic N) is 2. The van der Waals surface area contributed by atoms with E-state index in [9.17, 15) is 4.79 Å². The van der Waals surface area contributed by atoms with Gasteiger partial charge < -0.3 is 10.4 Å². The number of likely N-dealkylation sites (tertiary alicyclic amines) is 1. The molecule has 1 aromatic carbocycles. The molecule has 5 heteroatoms. The summed E-state index contributed by atoms with van der Waals surface area (Å²) >= 11 is 0. The van der Waals surface area contributed by atoms with Gasteiger partial charge in [-0.3, -0.25) is 9.88 Å². The van der Waals surface area contributed by atoms with E-state index in [-0.39, 0.29) is 5.56 Å². The van der Waals surface area contributed by atoms with Crippen LogP contribution in [0.3, 0.4) is 0 Å². The molecule has 0 amide bonds. The van der Waals surface area contributed by atoms with Crippen LogP contribution in [0.5, 0.6) is 0 Å². The van der Waals surface area contributed by atoms with E-state index in [4.69, 9.17) is 5.11 Å². The zero-order chi connectivity index (χ0) is 21.4. The highest BCUT2D eigenvalue weighted by Crippen LogP contribution is 2.50. The number of carboxylic acid groups (broad SMARTS) is 1. The molecule has 1 saturated heterocycles. The van der Waals surface area contributed by atoms with E-state index in [2.05, 4.69) is 58.5 Å². The van der Waals surface area contributed by atoms with Gasteiger partial charge in [0.25, 0.3) is 0 Å². The normalized spacial score (nSPS) is 25.1. The van der Waals surface area contributed by atoms with Crippen molar-refractivity contribution in [1.29, 1.82) is 0 Å². The molecule has 1 aromatic heterocycles. The van der Waals surface area contributed by atoms with Crippen LogP contribution >= 0.6 is 0 Å². The van der Waals surface area contributed by atoms with Crippen LogP contribution in [0.2, 0.25) is 0 Å². The summed E-state index contributed by atoms with van der Waals surface area (Å²) in [4.78, 5) is 17.7. The second-order valence-electron chi connectivity index (χ2n) is 9.69. The molecule has 31 heavy (non-hydrogen) atoms. The molecule has 0 bridgehead atoms. The average molecular weight is 418 g/mol. The van der Waals surface area contributed by atoms with Gasteiger partial charge >= 0.3 is 5.97 Å². The minimum absolute atomic E-state index is 0.250. The van der Waals surface area contributed by atoms with Gasteiger partial charge in [-0.15, -0.1) is 0 Å². The Morgan fingerprint density at radius 2 is 2.00 bits per heavy atom. The summed E-state index contributed by atoms with van der Waals surface area (Å²) in [7, 11) is 0. The van der Waals surface area contributed by atoms with Gasteiger partial charge in [-0.25, -0.2) is 4.79 Å². The van der Waals surface area contributed by atoms with E-state index in [0.29, 0.717) is 23.4 Å². The third kappa shape index (κ3) is 4.43. The standard InChI is InChI=1S/C26H31N3O2/c1-2-19(10-18-6-4-3-5-7-18)23-11-24(23)28-22-12-26(13-22)16-29(17-26)15-21-9-8-20(14-27-21)25(30)31/h3-10,14,22-24,28H,2,11-13,15-17H2,1H3,(H,30,31)/t23?,24-/m0/s1. The van der Waals surface area contributed by atoms with Crippen LogP contribution in [0, 0.1) is 11.3 Å². The summed E-state index contributed by atoms with van der Waals surface area (Å²) in [6.45, 7) is 5.36. The van der Waals surface area contributed by atoms with Crippen molar-refractivity contribution in [3.63, 3.8) is 0 Å². The van der Waals surface area contributed by atoms with Gasteiger partial charge in [-0.1, -0.05) is 48.9 Å². The van der Waals surface area contributed by atoms with Gasteiger partial charge in [-0.05, 0) is 54.7 Å². The van der Waals surface area contributed by atoms with Gasteiger partial charge in [0.1, 0.15) is 0 Å². The van der Waals surface area contributed by atoms with Crippen LogP contribution in [0.1, 0.15) is 54.2 Å². The SMILES string of the molecule is CCC(=Cc1ccccc1)C1C[C@@H]1NC1CC2(C1)CN(Cc1ccc(C(=O)O)cn1)C2. The summed E-state index contributed by atoms with van der Waals surface area (Å²) in [5.74, 6) is -0.214. The lowest BCUT2D eigenvalue weighted by Crippen LogP contribution is -2.65. The lowest BCUT2D eigenvalue weighted by Gasteiger charge is -2.59. The van der Waals surface area contributed by atoms with Crippen molar-refractivity contribution in [1.82, 2.24) is 15.2 Å². The molecule has 2 aromatic rings. The number of carboxylic acids is 1. The summed E-state index contributed by atoms with van der Waals surface area (Å²) in [5.41, 5.74) is 4.59. The Balaban J connectivity index is 1.05. The third-order valence-corrected chi connectivity index (χ3v) is 7.21. The first-order valence-electron chi connectivity index (χ1n) is 11.5. The Morgan fingerprint density at radius 1 is 1.23 bits per heavy atom. The van der Waals surface area contributed by atoms with E-state index in [1.54, 1.807) is 11.6 Å². The molecule has 1 aliphatic heterocycles. The molecule has 3 aliphatic rings. The molecule has 3 fully saturated rings. The molecule has 2 atom stereocenters. The molecule has 5 nitrogen and oxygen atoms in total. The third-order valence-electron chi connectivity index (χ3n) is 7.21. The maximum absolute atomic E-state index is 10.9. The number of hydrogen-bond donors (Lipinski definition) is 2. The number of aromatic nitrogens is 1. The molecule has 1 spiro atoms. The van der Waals surface area contributed by atoms with Gasteiger partial charge in [0.05, 0.1) is 11.3 Å². The predicted octanol–water partition coefficient (Wildman–Crippen LogP) is 4.22. The number of benzene rings is 1. The van der Waals surface area contributed by atoms with E-state index < -0.39 is 5.97 Å². The Hall–Kier alpha value is -2.50. The molecule has 5 rings (SSSR count). The molecule has 1 unspecified atom stereocenters. The van der Waals surface area contributed by atoms with Crippen LogP contribution < -0.4 is 5.32 Å². The van der Waals surface area contributed by atoms with Crippen molar-refractivity contribution in [3.8, 4) is 0 Å². The highest BCUT2D eigenvalue weighted by atomic mass is 16.4. The zero-order valence-electron chi connectivity index (χ0n) is 18.1. The topological polar surface area (TPSA) is 65.5 Å². The fraction of sp³-hybridized carbons (Fsp3) is 0.462. The number of hydrogen-bond acceptors (Lipinski definition) is 4. The highest BCUT2D eigenvalue weighted by molar-refractivity contribution is 5.87. The Bertz CT molecular complexity index is 956. The zero-order valence-corrected chi connectivity index (χ0v) is 18.1. The maximum atomic E-state index is 10.9. The summed E-state index contributed by atoms with van der Waals surface area (Å²) in [6.07, 6.45) is 8.81. The highest BCUT2D eigenvalue weighted by Gasteiger charge is 2.53. The second kappa shape index (κ2) is 8.21. The Morgan fingerprint density at radius 3 is 2.65 bits per heavy atom. The minimum atomic E-state index is -0.922. The van der Waals surface area contributed by atoms with Gasteiger partial charge in [0.2, 0.25) is 0 Å². The largest absolute Gasteiger partial charge is 0.478 e. The lowest BCUT2D eigenvalue weighted by atomic mass is 9.60. The van der Waals surface area contributed by atoms with Crippen molar-refractivity contribution in [2.75, 3.05) is 13.1 Å². The number of carbonyl (C=O) groups is 1. The molecule has 2 heterocycles. The first kappa shape index (κ1) is 20.4.